The van der Waals surface area contributed by atoms with Crippen LogP contribution in [-0.2, 0) is 11.2 Å². The molecule has 0 saturated heterocycles. The smallest absolute Gasteiger partial charge is 0.268 e. The molecule has 0 saturated carbocycles. The number of carbonyl (C=O) groups is 2. The predicted molar refractivity (Wildman–Crippen MR) is 128 cm³/mol. The first-order valence-corrected chi connectivity index (χ1v) is 11.5. The highest BCUT2D eigenvalue weighted by Gasteiger charge is 2.24. The normalized spacial score (nSPS) is 15.6. The Morgan fingerprint density at radius 2 is 1.97 bits per heavy atom. The van der Waals surface area contributed by atoms with Crippen molar-refractivity contribution in [1.29, 1.82) is 0 Å². The summed E-state index contributed by atoms with van der Waals surface area (Å²) in [5.74, 6) is 0.225. The Hall–Kier alpha value is -3.38. The van der Waals surface area contributed by atoms with Crippen molar-refractivity contribution >= 4 is 29.2 Å². The number of carbonyl (C=O) groups excluding carboxylic acids is 2. The molecule has 1 heterocycles. The maximum Gasteiger partial charge on any atom is 0.268 e. The fourth-order valence-electron chi connectivity index (χ4n) is 3.99. The van der Waals surface area contributed by atoms with Gasteiger partial charge in [0.2, 0.25) is 0 Å². The average Bonchev–Trinajstić information content (AvgIpc) is 3.32. The molecule has 2 amide bonds. The highest BCUT2D eigenvalue weighted by molar-refractivity contribution is 7.10. The van der Waals surface area contributed by atoms with Crippen molar-refractivity contribution in [3.05, 3.63) is 92.8 Å². The lowest BCUT2D eigenvalue weighted by Gasteiger charge is -2.27. The van der Waals surface area contributed by atoms with E-state index in [1.165, 1.54) is 16.9 Å². The Kier molecular flexibility index (Phi) is 6.71. The van der Waals surface area contributed by atoms with Crippen LogP contribution in [0.4, 0.5) is 0 Å². The van der Waals surface area contributed by atoms with Gasteiger partial charge in [0.15, 0.2) is 0 Å². The van der Waals surface area contributed by atoms with Gasteiger partial charge in [0.1, 0.15) is 11.4 Å². The molecule has 1 atom stereocenters. The summed E-state index contributed by atoms with van der Waals surface area (Å²) in [6.45, 7) is 1.88. The van der Waals surface area contributed by atoms with Crippen molar-refractivity contribution in [3.8, 4) is 5.75 Å². The largest absolute Gasteiger partial charge is 0.497 e. The first kappa shape index (κ1) is 21.8. The van der Waals surface area contributed by atoms with Crippen molar-refractivity contribution in [2.45, 2.75) is 32.2 Å². The lowest BCUT2D eigenvalue weighted by Crippen LogP contribution is -2.38. The molecule has 5 nitrogen and oxygen atoms in total. The van der Waals surface area contributed by atoms with Crippen LogP contribution in [0.2, 0.25) is 0 Å². The zero-order chi connectivity index (χ0) is 22.5. The minimum Gasteiger partial charge on any atom is -0.497 e. The molecular formula is C26H26N2O3S. The Morgan fingerprint density at radius 1 is 1.12 bits per heavy atom. The van der Waals surface area contributed by atoms with E-state index in [4.69, 9.17) is 4.74 Å². The molecule has 3 aromatic rings. The molecule has 0 radical (unpaired) electrons. The summed E-state index contributed by atoms with van der Waals surface area (Å²) >= 11 is 1.51. The quantitative estimate of drug-likeness (QED) is 0.522. The lowest BCUT2D eigenvalue weighted by atomic mass is 9.87. The zero-order valence-electron chi connectivity index (χ0n) is 18.2. The van der Waals surface area contributed by atoms with Crippen molar-refractivity contribution in [3.63, 3.8) is 0 Å². The minimum atomic E-state index is -0.297. The molecule has 2 N–H and O–H groups in total. The van der Waals surface area contributed by atoms with E-state index < -0.39 is 0 Å². The molecule has 0 fully saturated rings. The van der Waals surface area contributed by atoms with Crippen LogP contribution < -0.4 is 15.4 Å². The summed E-state index contributed by atoms with van der Waals surface area (Å²) in [4.78, 5) is 27.1. The van der Waals surface area contributed by atoms with E-state index in [0.717, 1.165) is 41.0 Å². The standard InChI is InChI=1S/C26H26N2O3S/c1-17-7-3-4-10-21(17)25(29)28-24(16-20-9-6-14-32-20)26(30)27-23-11-5-8-18-15-19(31-2)12-13-22(18)23/h3-4,6-7,9-10,12-16,23H,5,8,11H2,1-2H3,(H,27,30)(H,28,29)/b24-16-/t23-/m0/s1. The number of amides is 2. The number of hydrogen-bond donors (Lipinski definition) is 2. The van der Waals surface area contributed by atoms with E-state index in [1.807, 2.05) is 60.8 Å². The minimum absolute atomic E-state index is 0.112. The Balaban J connectivity index is 1.58. The molecule has 1 aliphatic rings. The van der Waals surface area contributed by atoms with E-state index in [1.54, 1.807) is 19.3 Å². The summed E-state index contributed by atoms with van der Waals surface area (Å²) in [6.07, 6.45) is 4.52. The Morgan fingerprint density at radius 3 is 2.72 bits per heavy atom. The van der Waals surface area contributed by atoms with E-state index in [0.29, 0.717) is 5.56 Å². The van der Waals surface area contributed by atoms with Gasteiger partial charge in [-0.25, -0.2) is 0 Å². The van der Waals surface area contributed by atoms with E-state index in [9.17, 15) is 9.59 Å². The van der Waals surface area contributed by atoms with Crippen LogP contribution in [0.25, 0.3) is 6.08 Å². The maximum atomic E-state index is 13.3. The molecule has 0 bridgehead atoms. The monoisotopic (exact) mass is 446 g/mol. The van der Waals surface area contributed by atoms with Gasteiger partial charge in [0.05, 0.1) is 13.2 Å². The zero-order valence-corrected chi connectivity index (χ0v) is 19.0. The van der Waals surface area contributed by atoms with Crippen LogP contribution in [0.1, 0.15) is 50.8 Å². The van der Waals surface area contributed by atoms with Crippen LogP contribution in [0.15, 0.2) is 65.7 Å². The second-order valence-corrected chi connectivity index (χ2v) is 8.80. The fourth-order valence-corrected chi connectivity index (χ4v) is 4.65. The van der Waals surface area contributed by atoms with Crippen LogP contribution in [0, 0.1) is 6.92 Å². The molecule has 4 rings (SSSR count). The van der Waals surface area contributed by atoms with E-state index >= 15 is 0 Å². The van der Waals surface area contributed by atoms with Gasteiger partial charge in [-0.3, -0.25) is 9.59 Å². The molecule has 164 valence electrons. The van der Waals surface area contributed by atoms with Crippen LogP contribution in [0.3, 0.4) is 0 Å². The number of methoxy groups -OCH3 is 1. The van der Waals surface area contributed by atoms with Gasteiger partial charge in [-0.15, -0.1) is 11.3 Å². The van der Waals surface area contributed by atoms with E-state index in [2.05, 4.69) is 10.6 Å². The molecule has 1 aliphatic carbocycles. The van der Waals surface area contributed by atoms with Gasteiger partial charge in [-0.05, 0) is 78.6 Å². The second-order valence-electron chi connectivity index (χ2n) is 7.83. The molecule has 0 unspecified atom stereocenters. The van der Waals surface area contributed by atoms with E-state index in [-0.39, 0.29) is 23.6 Å². The Bertz CT molecular complexity index is 1150. The van der Waals surface area contributed by atoms with Crippen molar-refractivity contribution in [2.24, 2.45) is 0 Å². The molecule has 1 aromatic heterocycles. The molecule has 32 heavy (non-hydrogen) atoms. The number of aryl methyl sites for hydroxylation is 2. The number of fused-ring (bicyclic) bond motifs is 1. The molecule has 0 aliphatic heterocycles. The third kappa shape index (κ3) is 4.92. The number of nitrogens with one attached hydrogen (secondary N) is 2. The van der Waals surface area contributed by atoms with Crippen molar-refractivity contribution < 1.29 is 14.3 Å². The fraction of sp³-hybridized carbons (Fsp3) is 0.231. The van der Waals surface area contributed by atoms with Crippen LogP contribution in [-0.4, -0.2) is 18.9 Å². The van der Waals surface area contributed by atoms with Gasteiger partial charge in [0.25, 0.3) is 11.8 Å². The van der Waals surface area contributed by atoms with Gasteiger partial charge in [0, 0.05) is 10.4 Å². The van der Waals surface area contributed by atoms with Gasteiger partial charge in [-0.1, -0.05) is 30.3 Å². The lowest BCUT2D eigenvalue weighted by molar-refractivity contribution is -0.118. The molecule has 6 heteroatoms. The second kappa shape index (κ2) is 9.83. The van der Waals surface area contributed by atoms with Crippen molar-refractivity contribution in [1.82, 2.24) is 10.6 Å². The van der Waals surface area contributed by atoms with Crippen LogP contribution >= 0.6 is 11.3 Å². The van der Waals surface area contributed by atoms with Gasteiger partial charge >= 0.3 is 0 Å². The maximum absolute atomic E-state index is 13.3. The topological polar surface area (TPSA) is 67.4 Å². The third-order valence-corrected chi connectivity index (χ3v) is 6.50. The number of ether oxygens (including phenoxy) is 1. The van der Waals surface area contributed by atoms with Gasteiger partial charge < -0.3 is 15.4 Å². The van der Waals surface area contributed by atoms with Gasteiger partial charge in [-0.2, -0.15) is 0 Å². The summed E-state index contributed by atoms with van der Waals surface area (Å²) in [5.41, 5.74) is 3.93. The number of thiophene rings is 1. The molecule has 2 aromatic carbocycles. The first-order valence-electron chi connectivity index (χ1n) is 10.6. The summed E-state index contributed by atoms with van der Waals surface area (Å²) in [5, 5.41) is 7.92. The Labute approximate surface area is 192 Å². The summed E-state index contributed by atoms with van der Waals surface area (Å²) in [7, 11) is 1.66. The average molecular weight is 447 g/mol. The predicted octanol–water partition coefficient (Wildman–Crippen LogP) is 5.03. The number of benzene rings is 2. The molecular weight excluding hydrogens is 420 g/mol. The van der Waals surface area contributed by atoms with Crippen molar-refractivity contribution in [2.75, 3.05) is 7.11 Å². The highest BCUT2D eigenvalue weighted by Crippen LogP contribution is 2.32. The first-order chi connectivity index (χ1) is 15.5. The number of rotatable bonds is 6. The third-order valence-electron chi connectivity index (χ3n) is 5.68. The number of hydrogen-bond acceptors (Lipinski definition) is 4. The summed E-state index contributed by atoms with van der Waals surface area (Å²) in [6, 6.07) is 17.0. The summed E-state index contributed by atoms with van der Waals surface area (Å²) < 4.78 is 5.35. The highest BCUT2D eigenvalue weighted by atomic mass is 32.1. The SMILES string of the molecule is COc1ccc2c(c1)CCC[C@@H]2NC(=O)/C(=C/c1cccs1)NC(=O)c1ccccc1C. The molecule has 0 spiro atoms. The van der Waals surface area contributed by atoms with Crippen LogP contribution in [0.5, 0.6) is 5.75 Å².